The van der Waals surface area contributed by atoms with Crippen molar-refractivity contribution in [3.05, 3.63) is 65.3 Å². The molecule has 0 N–H and O–H groups in total. The van der Waals surface area contributed by atoms with Gasteiger partial charge in [0.1, 0.15) is 11.9 Å². The van der Waals surface area contributed by atoms with Gasteiger partial charge in [-0.25, -0.2) is 4.98 Å². The van der Waals surface area contributed by atoms with E-state index in [1.54, 1.807) is 54.8 Å². The van der Waals surface area contributed by atoms with Crippen molar-refractivity contribution in [2.45, 2.75) is 6.04 Å². The number of aryl methyl sites for hydroxylation is 1. The Bertz CT molecular complexity index is 1020. The number of carbonyl (C=O) groups excluding carboxylic acids is 1. The van der Waals surface area contributed by atoms with Gasteiger partial charge in [0.25, 0.3) is 0 Å². The third-order valence-corrected chi connectivity index (χ3v) is 4.86. The molecule has 0 aliphatic carbocycles. The smallest absolute Gasteiger partial charge is 0.247 e. The molecule has 1 aromatic carbocycles. The van der Waals surface area contributed by atoms with Crippen LogP contribution >= 0.6 is 11.6 Å². The van der Waals surface area contributed by atoms with Crippen LogP contribution in [0.3, 0.4) is 0 Å². The molecule has 0 bridgehead atoms. The van der Waals surface area contributed by atoms with Crippen LogP contribution in [0, 0.1) is 0 Å². The van der Waals surface area contributed by atoms with E-state index in [-0.39, 0.29) is 11.9 Å². The van der Waals surface area contributed by atoms with Crippen molar-refractivity contribution in [3.63, 3.8) is 0 Å². The molecular weight excluding hydrogens is 392 g/mol. The van der Waals surface area contributed by atoms with Crippen LogP contribution < -0.4 is 4.90 Å². The van der Waals surface area contributed by atoms with E-state index in [9.17, 15) is 4.79 Å². The summed E-state index contributed by atoms with van der Waals surface area (Å²) < 4.78 is 0. The van der Waals surface area contributed by atoms with Gasteiger partial charge in [0, 0.05) is 43.1 Å². The normalized spacial score (nSPS) is 17.1. The van der Waals surface area contributed by atoms with Crippen LogP contribution in [0.25, 0.3) is 6.08 Å². The highest BCUT2D eigenvalue weighted by molar-refractivity contribution is 6.30. The van der Waals surface area contributed by atoms with Gasteiger partial charge in [-0.3, -0.25) is 9.78 Å². The molecule has 1 saturated heterocycles. The van der Waals surface area contributed by atoms with E-state index in [0.29, 0.717) is 30.5 Å². The number of nitrogens with zero attached hydrogens (tertiary/aromatic N) is 8. The molecule has 1 unspecified atom stereocenters. The monoisotopic (exact) mass is 410 g/mol. The van der Waals surface area contributed by atoms with E-state index in [1.165, 1.54) is 4.80 Å². The summed E-state index contributed by atoms with van der Waals surface area (Å²) in [5.74, 6) is 1.12. The highest BCUT2D eigenvalue weighted by atomic mass is 35.5. The van der Waals surface area contributed by atoms with Gasteiger partial charge in [0.05, 0.1) is 13.2 Å². The summed E-state index contributed by atoms with van der Waals surface area (Å²) in [6.45, 7) is 1.63. The zero-order chi connectivity index (χ0) is 20.2. The fourth-order valence-electron chi connectivity index (χ4n) is 3.24. The summed E-state index contributed by atoms with van der Waals surface area (Å²) in [5, 5.41) is 13.0. The quantitative estimate of drug-likeness (QED) is 0.605. The molecule has 1 atom stereocenters. The Labute approximate surface area is 172 Å². The molecule has 1 fully saturated rings. The van der Waals surface area contributed by atoms with E-state index in [2.05, 4.69) is 30.3 Å². The second-order valence-corrected chi connectivity index (χ2v) is 7.02. The van der Waals surface area contributed by atoms with Crippen molar-refractivity contribution < 1.29 is 4.79 Å². The Balaban J connectivity index is 1.57. The summed E-state index contributed by atoms with van der Waals surface area (Å²) in [6, 6.07) is 6.99. The molecule has 148 valence electrons. The number of rotatable bonds is 4. The minimum atomic E-state index is -0.351. The maximum absolute atomic E-state index is 13.0. The summed E-state index contributed by atoms with van der Waals surface area (Å²) >= 11 is 6.02. The number of tetrazole rings is 1. The number of halogens is 1. The Hall–Kier alpha value is -3.33. The summed E-state index contributed by atoms with van der Waals surface area (Å²) in [7, 11) is 1.70. The third kappa shape index (κ3) is 4.40. The fourth-order valence-corrected chi connectivity index (χ4v) is 3.43. The van der Waals surface area contributed by atoms with Crippen LogP contribution in [0.5, 0.6) is 0 Å². The lowest BCUT2D eigenvalue weighted by Gasteiger charge is -2.39. The summed E-state index contributed by atoms with van der Waals surface area (Å²) in [6.07, 6.45) is 8.29. The number of hydrogen-bond donors (Lipinski definition) is 0. The number of amides is 1. The Morgan fingerprint density at radius 1 is 1.28 bits per heavy atom. The molecule has 2 aromatic heterocycles. The van der Waals surface area contributed by atoms with E-state index in [1.807, 2.05) is 12.1 Å². The molecule has 1 aliphatic heterocycles. The van der Waals surface area contributed by atoms with Gasteiger partial charge < -0.3 is 9.80 Å². The van der Waals surface area contributed by atoms with Gasteiger partial charge in [-0.05, 0) is 29.0 Å². The zero-order valence-electron chi connectivity index (χ0n) is 15.8. The number of aromatic nitrogens is 6. The van der Waals surface area contributed by atoms with Gasteiger partial charge in [0.15, 0.2) is 5.82 Å². The van der Waals surface area contributed by atoms with Gasteiger partial charge in [-0.2, -0.15) is 4.80 Å². The minimum absolute atomic E-state index is 0.124. The van der Waals surface area contributed by atoms with Crippen molar-refractivity contribution in [1.82, 2.24) is 35.1 Å². The highest BCUT2D eigenvalue weighted by Gasteiger charge is 2.34. The van der Waals surface area contributed by atoms with Gasteiger partial charge in [-0.1, -0.05) is 23.7 Å². The lowest BCUT2D eigenvalue weighted by Crippen LogP contribution is -2.51. The Kier molecular flexibility index (Phi) is 5.48. The van der Waals surface area contributed by atoms with Gasteiger partial charge in [0.2, 0.25) is 5.91 Å². The standard InChI is InChI=1S/C19H19ClN8O/c1-26-24-19(23-25-26)16-13-27(17-12-21-7-8-22-17)9-10-28(16)18(29)6-5-14-3-2-4-15(20)11-14/h2-8,11-12,16H,9-10,13H2,1H3/b6-5+. The molecule has 1 aliphatic rings. The molecule has 3 aromatic rings. The SMILES string of the molecule is Cn1nnc(C2CN(c3cnccn3)CCN2C(=O)/C=C/c2cccc(Cl)c2)n1. The number of anilines is 1. The van der Waals surface area contributed by atoms with Crippen LogP contribution in [0.15, 0.2) is 48.9 Å². The van der Waals surface area contributed by atoms with Crippen LogP contribution in [0.4, 0.5) is 5.82 Å². The van der Waals surface area contributed by atoms with Gasteiger partial charge >= 0.3 is 0 Å². The van der Waals surface area contributed by atoms with Crippen LogP contribution in [-0.4, -0.2) is 60.6 Å². The minimum Gasteiger partial charge on any atom is -0.351 e. The summed E-state index contributed by atoms with van der Waals surface area (Å²) in [5.41, 5.74) is 0.859. The van der Waals surface area contributed by atoms with Crippen molar-refractivity contribution in [3.8, 4) is 0 Å². The topological polar surface area (TPSA) is 92.9 Å². The lowest BCUT2D eigenvalue weighted by molar-refractivity contribution is -0.129. The Morgan fingerprint density at radius 2 is 2.17 bits per heavy atom. The van der Waals surface area contributed by atoms with E-state index < -0.39 is 0 Å². The fraction of sp³-hybridized carbons (Fsp3) is 0.263. The second kappa shape index (κ2) is 8.36. The molecule has 0 spiro atoms. The van der Waals surface area contributed by atoms with Crippen molar-refractivity contribution in [1.29, 1.82) is 0 Å². The van der Waals surface area contributed by atoms with E-state index in [4.69, 9.17) is 11.6 Å². The summed E-state index contributed by atoms with van der Waals surface area (Å²) in [4.78, 5) is 26.7. The third-order valence-electron chi connectivity index (χ3n) is 4.63. The highest BCUT2D eigenvalue weighted by Crippen LogP contribution is 2.25. The predicted octanol–water partition coefficient (Wildman–Crippen LogP) is 1.76. The van der Waals surface area contributed by atoms with Crippen LogP contribution in [0.2, 0.25) is 5.02 Å². The molecule has 4 rings (SSSR count). The van der Waals surface area contributed by atoms with Crippen molar-refractivity contribution >= 4 is 29.4 Å². The maximum Gasteiger partial charge on any atom is 0.247 e. The number of hydrogen-bond acceptors (Lipinski definition) is 7. The Morgan fingerprint density at radius 3 is 2.90 bits per heavy atom. The molecule has 0 radical (unpaired) electrons. The van der Waals surface area contributed by atoms with Gasteiger partial charge in [-0.15, -0.1) is 10.2 Å². The predicted molar refractivity (Wildman–Crippen MR) is 108 cm³/mol. The molecule has 9 nitrogen and oxygen atoms in total. The number of piperazine rings is 1. The lowest BCUT2D eigenvalue weighted by atomic mass is 10.1. The van der Waals surface area contributed by atoms with Crippen LogP contribution in [-0.2, 0) is 11.8 Å². The largest absolute Gasteiger partial charge is 0.351 e. The number of benzene rings is 1. The van der Waals surface area contributed by atoms with Crippen LogP contribution in [0.1, 0.15) is 17.4 Å². The molecular formula is C19H19ClN8O. The van der Waals surface area contributed by atoms with Crippen molar-refractivity contribution in [2.24, 2.45) is 7.05 Å². The molecule has 0 saturated carbocycles. The first-order chi connectivity index (χ1) is 14.1. The first-order valence-electron chi connectivity index (χ1n) is 9.09. The molecule has 29 heavy (non-hydrogen) atoms. The first kappa shape index (κ1) is 19.0. The average Bonchev–Trinajstić information content (AvgIpc) is 3.18. The second-order valence-electron chi connectivity index (χ2n) is 6.58. The number of carbonyl (C=O) groups is 1. The first-order valence-corrected chi connectivity index (χ1v) is 9.47. The maximum atomic E-state index is 13.0. The molecule has 1 amide bonds. The zero-order valence-corrected chi connectivity index (χ0v) is 16.5. The van der Waals surface area contributed by atoms with E-state index >= 15 is 0 Å². The molecule has 10 heteroatoms. The molecule has 3 heterocycles. The van der Waals surface area contributed by atoms with Crippen molar-refractivity contribution in [2.75, 3.05) is 24.5 Å². The van der Waals surface area contributed by atoms with E-state index in [0.717, 1.165) is 11.4 Å². The average molecular weight is 411 g/mol.